The molecule has 1 fully saturated rings. The number of hydrogen-bond donors (Lipinski definition) is 0. The van der Waals surface area contributed by atoms with E-state index in [1.54, 1.807) is 11.1 Å². The summed E-state index contributed by atoms with van der Waals surface area (Å²) in [5, 5.41) is 0. The van der Waals surface area contributed by atoms with Crippen molar-refractivity contribution in [2.24, 2.45) is 0 Å². The van der Waals surface area contributed by atoms with Crippen molar-refractivity contribution in [2.45, 2.75) is 51.9 Å². The molecule has 0 heterocycles. The predicted molar refractivity (Wildman–Crippen MR) is 61.8 cm³/mol. The fourth-order valence-corrected chi connectivity index (χ4v) is 2.83. The van der Waals surface area contributed by atoms with Crippen molar-refractivity contribution in [1.29, 1.82) is 0 Å². The molecule has 1 aromatic rings. The van der Waals surface area contributed by atoms with Gasteiger partial charge in [0.15, 0.2) is 0 Å². The smallest absolute Gasteiger partial charge is 0.0159 e. The van der Waals surface area contributed by atoms with Gasteiger partial charge in [-0.15, -0.1) is 0 Å². The second kappa shape index (κ2) is 4.16. The van der Waals surface area contributed by atoms with E-state index in [0.717, 1.165) is 5.92 Å². The highest BCUT2D eigenvalue weighted by Gasteiger charge is 2.19. The summed E-state index contributed by atoms with van der Waals surface area (Å²) in [5.74, 6) is 0.866. The molecule has 0 aromatic heterocycles. The Morgan fingerprint density at radius 2 is 1.93 bits per heavy atom. The van der Waals surface area contributed by atoms with Gasteiger partial charge in [0.1, 0.15) is 0 Å². The van der Waals surface area contributed by atoms with Crippen molar-refractivity contribution in [2.75, 3.05) is 0 Å². The quantitative estimate of drug-likeness (QED) is 0.652. The molecular formula is C14H20. The van der Waals surface area contributed by atoms with Crippen LogP contribution < -0.4 is 0 Å². The Hall–Kier alpha value is -0.780. The van der Waals surface area contributed by atoms with Crippen LogP contribution in [-0.2, 0) is 6.42 Å². The van der Waals surface area contributed by atoms with Gasteiger partial charge in [0.25, 0.3) is 0 Å². The molecule has 1 aromatic carbocycles. The normalized spacial score (nSPS) is 17.6. The molecular weight excluding hydrogens is 168 g/mol. The standard InChI is InChI=1S/C14H20/c1-3-13-11(2)7-6-10-14(13)12-8-4-5-9-12/h6-7,10,12H,3-5,8-9H2,1-2H3. The van der Waals surface area contributed by atoms with Gasteiger partial charge >= 0.3 is 0 Å². The Labute approximate surface area is 87.3 Å². The summed E-state index contributed by atoms with van der Waals surface area (Å²) in [7, 11) is 0. The lowest BCUT2D eigenvalue weighted by Crippen LogP contribution is -2.00. The summed E-state index contributed by atoms with van der Waals surface area (Å²) in [5.41, 5.74) is 4.74. The van der Waals surface area contributed by atoms with Gasteiger partial charge in [-0.3, -0.25) is 0 Å². The average Bonchev–Trinajstić information content (AvgIpc) is 2.70. The number of aryl methyl sites for hydroxylation is 1. The van der Waals surface area contributed by atoms with Gasteiger partial charge in [-0.1, -0.05) is 38.0 Å². The molecule has 0 spiro atoms. The minimum absolute atomic E-state index is 0.866. The van der Waals surface area contributed by atoms with Gasteiger partial charge in [0.2, 0.25) is 0 Å². The number of rotatable bonds is 2. The van der Waals surface area contributed by atoms with Crippen LogP contribution in [0.15, 0.2) is 18.2 Å². The highest BCUT2D eigenvalue weighted by molar-refractivity contribution is 5.37. The topological polar surface area (TPSA) is 0 Å². The first-order valence-electron chi connectivity index (χ1n) is 5.91. The van der Waals surface area contributed by atoms with Crippen LogP contribution in [0.1, 0.15) is 55.2 Å². The third-order valence-corrected chi connectivity index (χ3v) is 3.60. The third kappa shape index (κ3) is 1.70. The van der Waals surface area contributed by atoms with Gasteiger partial charge < -0.3 is 0 Å². The molecule has 0 saturated heterocycles. The van der Waals surface area contributed by atoms with Crippen LogP contribution in [0.2, 0.25) is 0 Å². The van der Waals surface area contributed by atoms with E-state index in [1.165, 1.54) is 37.7 Å². The van der Waals surface area contributed by atoms with E-state index in [9.17, 15) is 0 Å². The summed E-state index contributed by atoms with van der Waals surface area (Å²) in [6.07, 6.45) is 6.88. The highest BCUT2D eigenvalue weighted by Crippen LogP contribution is 2.36. The Morgan fingerprint density at radius 1 is 1.21 bits per heavy atom. The molecule has 1 aliphatic carbocycles. The zero-order valence-corrected chi connectivity index (χ0v) is 9.34. The van der Waals surface area contributed by atoms with Crippen molar-refractivity contribution in [3.05, 3.63) is 34.9 Å². The number of benzene rings is 1. The zero-order valence-electron chi connectivity index (χ0n) is 9.34. The molecule has 0 atom stereocenters. The lowest BCUT2D eigenvalue weighted by molar-refractivity contribution is 0.711. The van der Waals surface area contributed by atoms with E-state index in [4.69, 9.17) is 0 Å². The van der Waals surface area contributed by atoms with E-state index in [-0.39, 0.29) is 0 Å². The summed E-state index contributed by atoms with van der Waals surface area (Å²) < 4.78 is 0. The van der Waals surface area contributed by atoms with Crippen molar-refractivity contribution < 1.29 is 0 Å². The first-order chi connectivity index (χ1) is 6.83. The maximum absolute atomic E-state index is 2.35. The van der Waals surface area contributed by atoms with Gasteiger partial charge in [-0.2, -0.15) is 0 Å². The molecule has 1 saturated carbocycles. The first kappa shape index (κ1) is 9.76. The Bertz CT molecular complexity index is 306. The van der Waals surface area contributed by atoms with E-state index in [0.29, 0.717) is 0 Å². The highest BCUT2D eigenvalue weighted by atomic mass is 14.2. The van der Waals surface area contributed by atoms with Gasteiger partial charge in [0, 0.05) is 0 Å². The van der Waals surface area contributed by atoms with E-state index >= 15 is 0 Å². The summed E-state index contributed by atoms with van der Waals surface area (Å²) in [6.45, 7) is 4.53. The molecule has 0 radical (unpaired) electrons. The van der Waals surface area contributed by atoms with Crippen LogP contribution in [-0.4, -0.2) is 0 Å². The molecule has 0 heteroatoms. The minimum Gasteiger partial charge on any atom is -0.0617 e. The van der Waals surface area contributed by atoms with Crippen molar-refractivity contribution in [1.82, 2.24) is 0 Å². The van der Waals surface area contributed by atoms with Crippen LogP contribution in [0.5, 0.6) is 0 Å². The summed E-state index contributed by atoms with van der Waals surface area (Å²) in [6, 6.07) is 6.82. The molecule has 0 N–H and O–H groups in total. The molecule has 14 heavy (non-hydrogen) atoms. The molecule has 1 aliphatic rings. The maximum atomic E-state index is 2.35. The van der Waals surface area contributed by atoms with Crippen molar-refractivity contribution in [3.8, 4) is 0 Å². The van der Waals surface area contributed by atoms with Crippen LogP contribution in [0.3, 0.4) is 0 Å². The third-order valence-electron chi connectivity index (χ3n) is 3.60. The second-order valence-corrected chi connectivity index (χ2v) is 4.48. The molecule has 0 amide bonds. The zero-order chi connectivity index (χ0) is 9.97. The first-order valence-corrected chi connectivity index (χ1v) is 5.91. The van der Waals surface area contributed by atoms with E-state index < -0.39 is 0 Å². The monoisotopic (exact) mass is 188 g/mol. The van der Waals surface area contributed by atoms with Gasteiger partial charge in [-0.25, -0.2) is 0 Å². The SMILES string of the molecule is CCc1c(C)cccc1C1CCCC1. The van der Waals surface area contributed by atoms with Crippen molar-refractivity contribution >= 4 is 0 Å². The van der Waals surface area contributed by atoms with Crippen LogP contribution in [0.25, 0.3) is 0 Å². The molecule has 76 valence electrons. The number of hydrogen-bond acceptors (Lipinski definition) is 0. The second-order valence-electron chi connectivity index (χ2n) is 4.48. The Balaban J connectivity index is 2.35. The lowest BCUT2D eigenvalue weighted by atomic mass is 9.89. The Morgan fingerprint density at radius 3 is 2.57 bits per heavy atom. The van der Waals surface area contributed by atoms with Crippen molar-refractivity contribution in [3.63, 3.8) is 0 Å². The average molecular weight is 188 g/mol. The fraction of sp³-hybridized carbons (Fsp3) is 0.571. The molecule has 0 aliphatic heterocycles. The summed E-state index contributed by atoms with van der Waals surface area (Å²) in [4.78, 5) is 0. The van der Waals surface area contributed by atoms with E-state index in [1.807, 2.05) is 0 Å². The molecule has 0 unspecified atom stereocenters. The van der Waals surface area contributed by atoms with Gasteiger partial charge in [0.05, 0.1) is 0 Å². The fourth-order valence-electron chi connectivity index (χ4n) is 2.83. The van der Waals surface area contributed by atoms with Gasteiger partial charge in [-0.05, 0) is 48.8 Å². The van der Waals surface area contributed by atoms with E-state index in [2.05, 4.69) is 32.0 Å². The summed E-state index contributed by atoms with van der Waals surface area (Å²) >= 11 is 0. The van der Waals surface area contributed by atoms with Crippen LogP contribution in [0.4, 0.5) is 0 Å². The molecule has 2 rings (SSSR count). The molecule has 0 nitrogen and oxygen atoms in total. The predicted octanol–water partition coefficient (Wildman–Crippen LogP) is 4.22. The Kier molecular flexibility index (Phi) is 2.90. The minimum atomic E-state index is 0.866. The largest absolute Gasteiger partial charge is 0.0617 e. The van der Waals surface area contributed by atoms with Crippen LogP contribution in [0, 0.1) is 6.92 Å². The van der Waals surface area contributed by atoms with Crippen LogP contribution >= 0.6 is 0 Å². The molecule has 0 bridgehead atoms. The lowest BCUT2D eigenvalue weighted by Gasteiger charge is -2.16. The maximum Gasteiger partial charge on any atom is -0.0159 e.